The van der Waals surface area contributed by atoms with Crippen LogP contribution in [0.3, 0.4) is 0 Å². The summed E-state index contributed by atoms with van der Waals surface area (Å²) in [5.74, 6) is -4.20. The Labute approximate surface area is 210 Å². The number of aromatic nitrogens is 2. The van der Waals surface area contributed by atoms with E-state index < -0.39 is 42.6 Å². The summed E-state index contributed by atoms with van der Waals surface area (Å²) in [6.45, 7) is 1.09. The molecule has 1 aliphatic rings. The first-order chi connectivity index (χ1) is 17.1. The third-order valence-electron chi connectivity index (χ3n) is 6.30. The second-order valence-corrected chi connectivity index (χ2v) is 9.46. The molecule has 0 unspecified atom stereocenters. The molecule has 0 aliphatic carbocycles. The SMILES string of the molecule is CC(=O)CCCCCCCCCCCCCC(=O)OC[C@H]1O[C@@H](n2ccc(N)nc2=O)C(F)(F)[C@@H]1O. The minimum atomic E-state index is -3.78. The van der Waals surface area contributed by atoms with Gasteiger partial charge in [0.15, 0.2) is 6.10 Å². The second-order valence-electron chi connectivity index (χ2n) is 9.46. The number of hydrogen-bond acceptors (Lipinski definition) is 8. The average Bonchev–Trinajstić information content (AvgIpc) is 3.04. The van der Waals surface area contributed by atoms with Crippen LogP contribution in [0.15, 0.2) is 17.1 Å². The summed E-state index contributed by atoms with van der Waals surface area (Å²) in [6.07, 6.45) is 7.67. The minimum Gasteiger partial charge on any atom is -0.463 e. The standard InChI is InChI=1S/C25H39F2N3O6/c1-18(31)13-11-9-7-5-3-2-4-6-8-10-12-14-21(32)35-17-19-22(33)25(26,27)23(36-19)30-16-15-20(28)29-24(30)34/h15-16,19,22-23,33H,2-14,17H2,1H3,(H2,28,29,34)/t19-,22-,23-/m1/s1. The summed E-state index contributed by atoms with van der Waals surface area (Å²) >= 11 is 0. The molecular weight excluding hydrogens is 476 g/mol. The number of aliphatic hydroxyl groups excluding tert-OH is 1. The van der Waals surface area contributed by atoms with Gasteiger partial charge in [0.1, 0.15) is 24.3 Å². The first-order valence-electron chi connectivity index (χ1n) is 12.8. The number of Topliss-reactive ketones (excluding diaryl/α,β-unsaturated/α-hetero) is 1. The number of aliphatic hydroxyl groups is 1. The van der Waals surface area contributed by atoms with Crippen LogP contribution in [0.2, 0.25) is 0 Å². The Morgan fingerprint density at radius 3 is 2.11 bits per heavy atom. The normalized spacial score (nSPS) is 20.9. The summed E-state index contributed by atoms with van der Waals surface area (Å²) in [5.41, 5.74) is 4.34. The number of anilines is 1. The van der Waals surface area contributed by atoms with Gasteiger partial charge in [0.05, 0.1) is 0 Å². The highest BCUT2D eigenvalue weighted by Crippen LogP contribution is 2.42. The van der Waals surface area contributed by atoms with E-state index in [1.54, 1.807) is 6.92 Å². The summed E-state index contributed by atoms with van der Waals surface area (Å²) in [6, 6.07) is 1.17. The number of carbonyl (C=O) groups excluding carboxylic acids is 2. The quantitative estimate of drug-likeness (QED) is 0.236. The van der Waals surface area contributed by atoms with Crippen molar-refractivity contribution >= 4 is 17.6 Å². The maximum absolute atomic E-state index is 14.5. The Balaban J connectivity index is 1.55. The van der Waals surface area contributed by atoms with Crippen LogP contribution in [0.25, 0.3) is 0 Å². The van der Waals surface area contributed by atoms with Crippen LogP contribution >= 0.6 is 0 Å². The molecule has 0 bridgehead atoms. The molecule has 0 spiro atoms. The molecule has 3 atom stereocenters. The summed E-state index contributed by atoms with van der Waals surface area (Å²) in [5, 5.41) is 9.98. The highest BCUT2D eigenvalue weighted by molar-refractivity contribution is 5.75. The van der Waals surface area contributed by atoms with E-state index in [-0.39, 0.29) is 18.0 Å². The Morgan fingerprint density at radius 1 is 1.06 bits per heavy atom. The number of unbranched alkanes of at least 4 members (excludes halogenated alkanes) is 10. The Morgan fingerprint density at radius 2 is 1.58 bits per heavy atom. The van der Waals surface area contributed by atoms with Gasteiger partial charge in [0.2, 0.25) is 6.23 Å². The van der Waals surface area contributed by atoms with Gasteiger partial charge in [0.25, 0.3) is 0 Å². The number of alkyl halides is 2. The number of ketones is 1. The number of nitrogen functional groups attached to an aromatic ring is 1. The number of rotatable bonds is 17. The molecule has 1 aromatic heterocycles. The minimum absolute atomic E-state index is 0.128. The van der Waals surface area contributed by atoms with E-state index in [9.17, 15) is 28.3 Å². The van der Waals surface area contributed by atoms with Gasteiger partial charge in [-0.1, -0.05) is 57.8 Å². The van der Waals surface area contributed by atoms with Crippen LogP contribution in [0.5, 0.6) is 0 Å². The molecule has 1 saturated heterocycles. The summed E-state index contributed by atoms with van der Waals surface area (Å²) in [7, 11) is 0. The van der Waals surface area contributed by atoms with Crippen molar-refractivity contribution in [3.8, 4) is 0 Å². The van der Waals surface area contributed by atoms with Crippen molar-refractivity contribution in [2.24, 2.45) is 0 Å². The van der Waals surface area contributed by atoms with Crippen LogP contribution in [-0.4, -0.2) is 51.1 Å². The molecule has 2 heterocycles. The number of ether oxygens (including phenoxy) is 2. The number of nitrogens with zero attached hydrogens (tertiary/aromatic N) is 2. The predicted molar refractivity (Wildman–Crippen MR) is 129 cm³/mol. The van der Waals surface area contributed by atoms with Crippen molar-refractivity contribution < 1.29 is 33.0 Å². The largest absolute Gasteiger partial charge is 0.463 e. The van der Waals surface area contributed by atoms with Crippen molar-refractivity contribution in [2.45, 2.75) is 115 Å². The van der Waals surface area contributed by atoms with Crippen LogP contribution in [0.1, 0.15) is 96.6 Å². The maximum Gasteiger partial charge on any atom is 0.351 e. The second kappa shape index (κ2) is 15.0. The zero-order chi connectivity index (χ0) is 26.6. The van der Waals surface area contributed by atoms with Crippen molar-refractivity contribution in [2.75, 3.05) is 12.3 Å². The highest BCUT2D eigenvalue weighted by Gasteiger charge is 2.60. The molecule has 0 amide bonds. The Kier molecular flexibility index (Phi) is 12.4. The van der Waals surface area contributed by atoms with Crippen LogP contribution in [-0.2, 0) is 19.1 Å². The van der Waals surface area contributed by atoms with E-state index >= 15 is 0 Å². The summed E-state index contributed by atoms with van der Waals surface area (Å²) in [4.78, 5) is 38.1. The van der Waals surface area contributed by atoms with Crippen molar-refractivity contribution in [1.82, 2.24) is 9.55 Å². The number of hydrogen-bond donors (Lipinski definition) is 2. The molecule has 0 aromatic carbocycles. The average molecular weight is 516 g/mol. The maximum atomic E-state index is 14.5. The molecule has 0 radical (unpaired) electrons. The van der Waals surface area contributed by atoms with Gasteiger partial charge >= 0.3 is 17.6 Å². The first-order valence-corrected chi connectivity index (χ1v) is 12.8. The van der Waals surface area contributed by atoms with E-state index in [2.05, 4.69) is 4.98 Å². The van der Waals surface area contributed by atoms with Crippen LogP contribution < -0.4 is 11.4 Å². The van der Waals surface area contributed by atoms with Gasteiger partial charge in [-0.05, 0) is 25.8 Å². The van der Waals surface area contributed by atoms with Crippen LogP contribution in [0, 0.1) is 0 Å². The lowest BCUT2D eigenvalue weighted by Gasteiger charge is -2.20. The van der Waals surface area contributed by atoms with E-state index in [0.717, 1.165) is 44.7 Å². The fourth-order valence-corrected chi connectivity index (χ4v) is 4.19. The van der Waals surface area contributed by atoms with Gasteiger partial charge in [-0.2, -0.15) is 13.8 Å². The molecule has 1 aliphatic heterocycles. The number of halogens is 2. The molecule has 2 rings (SSSR count). The fraction of sp³-hybridized carbons (Fsp3) is 0.760. The monoisotopic (exact) mass is 515 g/mol. The molecule has 1 aromatic rings. The molecule has 36 heavy (non-hydrogen) atoms. The zero-order valence-corrected chi connectivity index (χ0v) is 21.0. The van der Waals surface area contributed by atoms with E-state index in [1.807, 2.05) is 0 Å². The number of carbonyl (C=O) groups is 2. The van der Waals surface area contributed by atoms with E-state index in [1.165, 1.54) is 31.7 Å². The molecule has 1 fully saturated rings. The molecule has 3 N–H and O–H groups in total. The topological polar surface area (TPSA) is 134 Å². The Bertz CT molecular complexity index is 895. The number of nitrogens with two attached hydrogens (primary N) is 1. The lowest BCUT2D eigenvalue weighted by atomic mass is 10.0. The first kappa shape index (κ1) is 29.8. The zero-order valence-electron chi connectivity index (χ0n) is 21.0. The smallest absolute Gasteiger partial charge is 0.351 e. The predicted octanol–water partition coefficient (Wildman–Crippen LogP) is 3.92. The van der Waals surface area contributed by atoms with Crippen molar-refractivity contribution in [1.29, 1.82) is 0 Å². The van der Waals surface area contributed by atoms with Gasteiger partial charge in [-0.25, -0.2) is 4.79 Å². The van der Waals surface area contributed by atoms with Crippen LogP contribution in [0.4, 0.5) is 14.6 Å². The molecule has 0 saturated carbocycles. The lowest BCUT2D eigenvalue weighted by molar-refractivity contribution is -0.150. The fourth-order valence-electron chi connectivity index (χ4n) is 4.19. The third-order valence-corrected chi connectivity index (χ3v) is 6.30. The third kappa shape index (κ3) is 9.57. The molecular formula is C25H39F2N3O6. The highest BCUT2D eigenvalue weighted by atomic mass is 19.3. The van der Waals surface area contributed by atoms with Crippen molar-refractivity contribution in [3.63, 3.8) is 0 Å². The van der Waals surface area contributed by atoms with Crippen molar-refractivity contribution in [3.05, 3.63) is 22.7 Å². The number of esters is 1. The van der Waals surface area contributed by atoms with Gasteiger partial charge < -0.3 is 25.1 Å². The summed E-state index contributed by atoms with van der Waals surface area (Å²) < 4.78 is 39.7. The Hall–Kier alpha value is -2.40. The van der Waals surface area contributed by atoms with E-state index in [0.29, 0.717) is 17.4 Å². The molecule has 9 nitrogen and oxygen atoms in total. The van der Waals surface area contributed by atoms with Gasteiger partial charge in [-0.3, -0.25) is 9.36 Å². The van der Waals surface area contributed by atoms with Gasteiger partial charge in [0, 0.05) is 19.0 Å². The molecule has 204 valence electrons. The van der Waals surface area contributed by atoms with Gasteiger partial charge in [-0.15, -0.1) is 0 Å². The molecule has 11 heteroatoms. The van der Waals surface area contributed by atoms with E-state index in [4.69, 9.17) is 15.2 Å². The lowest BCUT2D eigenvalue weighted by Crippen LogP contribution is -2.42.